The van der Waals surface area contributed by atoms with E-state index in [1.807, 2.05) is 42.2 Å². The molecule has 8 nitrogen and oxygen atoms in total. The quantitative estimate of drug-likeness (QED) is 0.576. The van der Waals surface area contributed by atoms with E-state index in [9.17, 15) is 9.59 Å². The van der Waals surface area contributed by atoms with Crippen molar-refractivity contribution in [3.05, 3.63) is 77.8 Å². The molecule has 0 aliphatic carbocycles. The number of aryl methyl sites for hydroxylation is 1. The van der Waals surface area contributed by atoms with Crippen molar-refractivity contribution < 1.29 is 14.3 Å². The van der Waals surface area contributed by atoms with Crippen LogP contribution in [0.3, 0.4) is 0 Å². The van der Waals surface area contributed by atoms with Gasteiger partial charge in [-0.05, 0) is 25.0 Å². The number of carbonyl (C=O) groups is 2. The van der Waals surface area contributed by atoms with E-state index in [1.54, 1.807) is 27.7 Å². The lowest BCUT2D eigenvalue weighted by Crippen LogP contribution is -2.61. The first-order valence-corrected chi connectivity index (χ1v) is 11.3. The summed E-state index contributed by atoms with van der Waals surface area (Å²) in [5.74, 6) is -0.232. The van der Waals surface area contributed by atoms with Crippen LogP contribution in [-0.2, 0) is 16.0 Å². The highest BCUT2D eigenvalue weighted by atomic mass is 16.5. The van der Waals surface area contributed by atoms with E-state index in [1.165, 1.54) is 5.56 Å². The lowest BCUT2D eigenvalue weighted by atomic mass is 9.95. The predicted octanol–water partition coefficient (Wildman–Crippen LogP) is 2.28. The summed E-state index contributed by atoms with van der Waals surface area (Å²) in [6.07, 6.45) is 6.86. The first kappa shape index (κ1) is 21.3. The minimum Gasteiger partial charge on any atom is -0.361 e. The summed E-state index contributed by atoms with van der Waals surface area (Å²) in [6, 6.07) is 13.6. The van der Waals surface area contributed by atoms with Gasteiger partial charge in [-0.25, -0.2) is 9.50 Å². The SMILES string of the molecule is Cc1cc(C(=O)N2CCO[C@]3(CC=CCN(CCc4ccccc4)C3=O)C2)n2nccc2n1. The van der Waals surface area contributed by atoms with Crippen LogP contribution in [-0.4, -0.2) is 74.6 Å². The zero-order chi connectivity index (χ0) is 22.8. The summed E-state index contributed by atoms with van der Waals surface area (Å²) in [5.41, 5.74) is 1.93. The van der Waals surface area contributed by atoms with Crippen LogP contribution in [0, 0.1) is 6.92 Å². The van der Waals surface area contributed by atoms with Gasteiger partial charge in [-0.15, -0.1) is 0 Å². The minimum absolute atomic E-state index is 0.0592. The maximum atomic E-state index is 13.7. The molecule has 3 aromatic rings. The van der Waals surface area contributed by atoms with Crippen LogP contribution >= 0.6 is 0 Å². The maximum absolute atomic E-state index is 13.7. The van der Waals surface area contributed by atoms with Crippen molar-refractivity contribution in [3.8, 4) is 0 Å². The zero-order valence-electron chi connectivity index (χ0n) is 18.7. The Balaban J connectivity index is 1.37. The number of ether oxygens (including phenoxy) is 1. The van der Waals surface area contributed by atoms with E-state index in [4.69, 9.17) is 4.74 Å². The standard InChI is InChI=1S/C25H27N5O3/c1-19-17-21(30-22(27-19)9-12-26-30)23(31)29-15-16-33-25(18-29)11-5-6-13-28(24(25)32)14-10-20-7-3-2-4-8-20/h2-9,12,17H,10-11,13-16,18H2,1H3/t25-/m1/s1. The normalized spacial score (nSPS) is 21.1. The molecule has 1 atom stereocenters. The summed E-state index contributed by atoms with van der Waals surface area (Å²) in [7, 11) is 0. The van der Waals surface area contributed by atoms with Gasteiger partial charge in [-0.1, -0.05) is 42.5 Å². The number of benzene rings is 1. The average Bonchev–Trinajstić information content (AvgIpc) is 3.26. The van der Waals surface area contributed by atoms with Crippen LogP contribution in [0.2, 0.25) is 0 Å². The van der Waals surface area contributed by atoms with Gasteiger partial charge in [0.1, 0.15) is 5.69 Å². The van der Waals surface area contributed by atoms with Gasteiger partial charge in [0.05, 0.1) is 19.3 Å². The Hall–Kier alpha value is -3.52. The van der Waals surface area contributed by atoms with E-state index >= 15 is 0 Å². The van der Waals surface area contributed by atoms with Crippen molar-refractivity contribution in [1.29, 1.82) is 0 Å². The van der Waals surface area contributed by atoms with Gasteiger partial charge in [0.15, 0.2) is 11.2 Å². The van der Waals surface area contributed by atoms with Gasteiger partial charge in [0.25, 0.3) is 11.8 Å². The molecular weight excluding hydrogens is 418 g/mol. The first-order valence-electron chi connectivity index (χ1n) is 11.3. The first-order chi connectivity index (χ1) is 16.1. The fourth-order valence-electron chi connectivity index (χ4n) is 4.60. The number of morpholine rings is 1. The topological polar surface area (TPSA) is 80.0 Å². The number of nitrogens with zero attached hydrogens (tertiary/aromatic N) is 5. The molecule has 2 amide bonds. The van der Waals surface area contributed by atoms with Gasteiger partial charge in [-0.3, -0.25) is 9.59 Å². The molecular formula is C25H27N5O3. The Morgan fingerprint density at radius 3 is 2.88 bits per heavy atom. The molecule has 0 bridgehead atoms. The van der Waals surface area contributed by atoms with Crippen LogP contribution in [0.15, 0.2) is 60.8 Å². The van der Waals surface area contributed by atoms with Crippen LogP contribution in [0.5, 0.6) is 0 Å². The van der Waals surface area contributed by atoms with Gasteiger partial charge in [0, 0.05) is 37.8 Å². The van der Waals surface area contributed by atoms with Crippen molar-refractivity contribution in [2.24, 2.45) is 0 Å². The lowest BCUT2D eigenvalue weighted by molar-refractivity contribution is -0.166. The number of hydrogen-bond acceptors (Lipinski definition) is 5. The zero-order valence-corrected chi connectivity index (χ0v) is 18.7. The Morgan fingerprint density at radius 1 is 1.18 bits per heavy atom. The Kier molecular flexibility index (Phi) is 5.68. The van der Waals surface area contributed by atoms with Gasteiger partial charge in [0.2, 0.25) is 0 Å². The number of fused-ring (bicyclic) bond motifs is 1. The fourth-order valence-corrected chi connectivity index (χ4v) is 4.60. The second-order valence-electron chi connectivity index (χ2n) is 8.62. The molecule has 170 valence electrons. The van der Waals surface area contributed by atoms with Crippen molar-refractivity contribution in [3.63, 3.8) is 0 Å². The number of hydrogen-bond donors (Lipinski definition) is 0. The minimum atomic E-state index is -1.07. The third-order valence-corrected chi connectivity index (χ3v) is 6.31. The number of amides is 2. The maximum Gasteiger partial charge on any atom is 0.272 e. The monoisotopic (exact) mass is 445 g/mol. The molecule has 0 radical (unpaired) electrons. The predicted molar refractivity (Wildman–Crippen MR) is 123 cm³/mol. The Labute approximate surface area is 192 Å². The number of rotatable bonds is 4. The van der Waals surface area contributed by atoms with E-state index in [0.717, 1.165) is 12.1 Å². The highest BCUT2D eigenvalue weighted by molar-refractivity contribution is 5.94. The number of carbonyl (C=O) groups excluding carboxylic acids is 2. The van der Waals surface area contributed by atoms with E-state index in [2.05, 4.69) is 22.2 Å². The summed E-state index contributed by atoms with van der Waals surface area (Å²) >= 11 is 0. The largest absolute Gasteiger partial charge is 0.361 e. The van der Waals surface area contributed by atoms with Crippen molar-refractivity contribution >= 4 is 17.5 Å². The molecule has 0 saturated carbocycles. The highest BCUT2D eigenvalue weighted by Gasteiger charge is 2.47. The molecule has 1 saturated heterocycles. The van der Waals surface area contributed by atoms with Crippen LogP contribution in [0.1, 0.15) is 28.2 Å². The third kappa shape index (κ3) is 4.14. The van der Waals surface area contributed by atoms with Crippen LogP contribution in [0.4, 0.5) is 0 Å². The molecule has 1 aromatic carbocycles. The molecule has 0 unspecified atom stereocenters. The van der Waals surface area contributed by atoms with Crippen LogP contribution < -0.4 is 0 Å². The second kappa shape index (κ2) is 8.78. The second-order valence-corrected chi connectivity index (χ2v) is 8.62. The highest BCUT2D eigenvalue weighted by Crippen LogP contribution is 2.28. The summed E-state index contributed by atoms with van der Waals surface area (Å²) in [4.78, 5) is 35.2. The lowest BCUT2D eigenvalue weighted by Gasteiger charge is -2.42. The molecule has 5 rings (SSSR count). The van der Waals surface area contributed by atoms with E-state index < -0.39 is 5.60 Å². The molecule has 0 N–H and O–H groups in total. The molecule has 33 heavy (non-hydrogen) atoms. The Morgan fingerprint density at radius 2 is 2.03 bits per heavy atom. The van der Waals surface area contributed by atoms with Crippen molar-refractivity contribution in [1.82, 2.24) is 24.4 Å². The van der Waals surface area contributed by atoms with Crippen molar-refractivity contribution in [2.75, 3.05) is 32.8 Å². The average molecular weight is 446 g/mol. The van der Waals surface area contributed by atoms with Gasteiger partial charge < -0.3 is 14.5 Å². The smallest absolute Gasteiger partial charge is 0.272 e. The third-order valence-electron chi connectivity index (χ3n) is 6.31. The number of aromatic nitrogens is 3. The summed E-state index contributed by atoms with van der Waals surface area (Å²) < 4.78 is 7.68. The molecule has 2 aromatic heterocycles. The van der Waals surface area contributed by atoms with Gasteiger partial charge in [-0.2, -0.15) is 5.10 Å². The summed E-state index contributed by atoms with van der Waals surface area (Å²) in [5, 5.41) is 4.26. The molecule has 4 heterocycles. The fraction of sp³-hybridized carbons (Fsp3) is 0.360. The van der Waals surface area contributed by atoms with Crippen LogP contribution in [0.25, 0.3) is 5.65 Å². The molecule has 1 spiro atoms. The van der Waals surface area contributed by atoms with Crippen molar-refractivity contribution in [2.45, 2.75) is 25.4 Å². The molecule has 2 aliphatic rings. The van der Waals surface area contributed by atoms with E-state index in [0.29, 0.717) is 44.0 Å². The van der Waals surface area contributed by atoms with Gasteiger partial charge >= 0.3 is 0 Å². The van der Waals surface area contributed by atoms with E-state index in [-0.39, 0.29) is 18.4 Å². The molecule has 8 heteroatoms. The molecule has 2 aliphatic heterocycles. The Bertz CT molecular complexity index is 1210. The molecule has 1 fully saturated rings. The summed E-state index contributed by atoms with van der Waals surface area (Å²) in [6.45, 7) is 3.94.